The third kappa shape index (κ3) is 5.70. The highest BCUT2D eigenvalue weighted by atomic mass is 35.5. The molecule has 0 amide bonds. The summed E-state index contributed by atoms with van der Waals surface area (Å²) >= 11 is 1.55. The highest BCUT2D eigenvalue weighted by molar-refractivity contribution is 8.00. The third-order valence-electron chi connectivity index (χ3n) is 4.99. The van der Waals surface area contributed by atoms with Gasteiger partial charge in [-0.2, -0.15) is 0 Å². The van der Waals surface area contributed by atoms with Crippen molar-refractivity contribution in [2.45, 2.75) is 66.8 Å². The molecule has 9 heteroatoms. The molecule has 148 valence electrons. The zero-order valence-corrected chi connectivity index (χ0v) is 16.6. The largest absolute Gasteiger partial charge is 0.388 e. The predicted molar refractivity (Wildman–Crippen MR) is 105 cm³/mol. The summed E-state index contributed by atoms with van der Waals surface area (Å²) in [5.41, 5.74) is 5.54. The molecule has 3 heterocycles. The number of hydrogen-bond donors (Lipinski definition) is 4. The van der Waals surface area contributed by atoms with Gasteiger partial charge in [0.1, 0.15) is 29.9 Å². The molecule has 25 heavy (non-hydrogen) atoms. The summed E-state index contributed by atoms with van der Waals surface area (Å²) in [7, 11) is 0. The van der Waals surface area contributed by atoms with Crippen LogP contribution < -0.4 is 5.73 Å². The van der Waals surface area contributed by atoms with Crippen molar-refractivity contribution in [2.24, 2.45) is 5.73 Å². The van der Waals surface area contributed by atoms with E-state index in [0.29, 0.717) is 11.7 Å². The molecular formula is C16H30Cl2N2O4S. The molecule has 0 unspecified atom stereocenters. The summed E-state index contributed by atoms with van der Waals surface area (Å²) in [6.07, 6.45) is 4.05. The van der Waals surface area contributed by atoms with Crippen LogP contribution in [0.2, 0.25) is 0 Å². The molecule has 2 bridgehead atoms. The zero-order chi connectivity index (χ0) is 16.4. The molecule has 5 N–H and O–H groups in total. The number of thioether (sulfide) groups is 1. The fourth-order valence-electron chi connectivity index (χ4n) is 3.59. The molecule has 2 fully saturated rings. The number of likely N-dealkylation sites (tertiary alicyclic amines) is 1. The number of ether oxygens (including phenoxy) is 1. The fourth-order valence-corrected chi connectivity index (χ4v) is 5.00. The monoisotopic (exact) mass is 416 g/mol. The minimum Gasteiger partial charge on any atom is -0.388 e. The Morgan fingerprint density at radius 2 is 1.64 bits per heavy atom. The molecule has 0 aromatic heterocycles. The van der Waals surface area contributed by atoms with Gasteiger partial charge >= 0.3 is 0 Å². The van der Waals surface area contributed by atoms with Crippen molar-refractivity contribution in [3.63, 3.8) is 0 Å². The van der Waals surface area contributed by atoms with Gasteiger partial charge in [0.05, 0.1) is 0 Å². The lowest BCUT2D eigenvalue weighted by atomic mass is 9.93. The van der Waals surface area contributed by atoms with Crippen LogP contribution in [0.25, 0.3) is 0 Å². The molecule has 0 spiro atoms. The predicted octanol–water partition coefficient (Wildman–Crippen LogP) is 0.512. The van der Waals surface area contributed by atoms with E-state index >= 15 is 0 Å². The molecule has 0 aromatic rings. The van der Waals surface area contributed by atoms with Gasteiger partial charge in [0.15, 0.2) is 0 Å². The van der Waals surface area contributed by atoms with Crippen LogP contribution in [0, 0.1) is 0 Å². The summed E-state index contributed by atoms with van der Waals surface area (Å²) in [6.45, 7) is 3.21. The van der Waals surface area contributed by atoms with Gasteiger partial charge in [0.2, 0.25) is 0 Å². The van der Waals surface area contributed by atoms with Gasteiger partial charge in [-0.1, -0.05) is 12.2 Å². The molecule has 3 aliphatic rings. The van der Waals surface area contributed by atoms with Gasteiger partial charge < -0.3 is 30.7 Å². The number of rotatable bonds is 2. The van der Waals surface area contributed by atoms with Gasteiger partial charge in [-0.15, -0.1) is 36.6 Å². The fraction of sp³-hybridized carbons (Fsp3) is 0.875. The second-order valence-electron chi connectivity index (χ2n) is 6.81. The number of aliphatic hydroxyl groups is 3. The van der Waals surface area contributed by atoms with Crippen LogP contribution in [0.5, 0.6) is 0 Å². The van der Waals surface area contributed by atoms with Crippen molar-refractivity contribution in [3.8, 4) is 0 Å². The molecule has 7 atom stereocenters. The van der Waals surface area contributed by atoms with Crippen molar-refractivity contribution < 1.29 is 20.1 Å². The summed E-state index contributed by atoms with van der Waals surface area (Å²) in [5, 5.41) is 30.9. The number of allylic oxidation sites excluding steroid dienone is 1. The first-order valence-electron chi connectivity index (χ1n) is 8.54. The van der Waals surface area contributed by atoms with E-state index in [-0.39, 0.29) is 30.9 Å². The third-order valence-corrected chi connectivity index (χ3v) is 6.37. The quantitative estimate of drug-likeness (QED) is 0.486. The molecule has 3 aliphatic heterocycles. The lowest BCUT2D eigenvalue weighted by Crippen LogP contribution is -2.61. The van der Waals surface area contributed by atoms with Crippen LogP contribution in [0.4, 0.5) is 0 Å². The van der Waals surface area contributed by atoms with Crippen LogP contribution in [-0.2, 0) is 4.74 Å². The Balaban J connectivity index is 0.00000156. The van der Waals surface area contributed by atoms with E-state index in [9.17, 15) is 15.3 Å². The summed E-state index contributed by atoms with van der Waals surface area (Å²) in [6, 6.07) is -0.387. The van der Waals surface area contributed by atoms with Crippen LogP contribution >= 0.6 is 36.6 Å². The van der Waals surface area contributed by atoms with E-state index in [4.69, 9.17) is 10.5 Å². The Morgan fingerprint density at radius 1 is 1.00 bits per heavy atom. The Labute approximate surface area is 166 Å². The Kier molecular flexibility index (Phi) is 10.0. The van der Waals surface area contributed by atoms with Gasteiger partial charge in [-0.05, 0) is 38.8 Å². The topological polar surface area (TPSA) is 99.2 Å². The number of fused-ring (bicyclic) bond motifs is 2. The number of halogens is 2. The second kappa shape index (κ2) is 10.7. The SMILES string of the molecule is Cl.Cl.N[C@@H]1C/C=C\C[C@@H](CN2CCCC2)S[C@H]2O[C@H]1[C@H](O)[C@H](O)[C@H]2O. The molecule has 0 saturated carbocycles. The van der Waals surface area contributed by atoms with Crippen LogP contribution in [0.1, 0.15) is 25.7 Å². The number of nitrogens with two attached hydrogens (primary N) is 1. The second-order valence-corrected chi connectivity index (χ2v) is 8.22. The zero-order valence-electron chi connectivity index (χ0n) is 14.1. The van der Waals surface area contributed by atoms with Crippen molar-refractivity contribution in [1.29, 1.82) is 0 Å². The molecule has 3 rings (SSSR count). The van der Waals surface area contributed by atoms with Crippen LogP contribution in [-0.4, -0.2) is 81.0 Å². The highest BCUT2D eigenvalue weighted by Crippen LogP contribution is 2.34. The minimum atomic E-state index is -1.21. The summed E-state index contributed by atoms with van der Waals surface area (Å²) < 4.78 is 5.89. The van der Waals surface area contributed by atoms with Gasteiger partial charge in [0, 0.05) is 17.8 Å². The Bertz CT molecular complexity index is 429. The number of hydrogen-bond acceptors (Lipinski definition) is 7. The molecule has 0 aliphatic carbocycles. The molecular weight excluding hydrogens is 387 g/mol. The first-order chi connectivity index (χ1) is 11.1. The summed E-state index contributed by atoms with van der Waals surface area (Å²) in [5.74, 6) is 0. The lowest BCUT2D eigenvalue weighted by molar-refractivity contribution is -0.202. The first-order valence-corrected chi connectivity index (χ1v) is 9.48. The molecule has 0 radical (unpaired) electrons. The first kappa shape index (κ1) is 23.5. The van der Waals surface area contributed by atoms with Gasteiger partial charge in [-0.25, -0.2) is 0 Å². The Morgan fingerprint density at radius 3 is 2.32 bits per heavy atom. The van der Waals surface area contributed by atoms with E-state index in [1.807, 2.05) is 6.08 Å². The van der Waals surface area contributed by atoms with E-state index in [1.54, 1.807) is 11.8 Å². The lowest BCUT2D eigenvalue weighted by Gasteiger charge is -2.43. The van der Waals surface area contributed by atoms with Crippen molar-refractivity contribution >= 4 is 36.6 Å². The molecule has 6 nitrogen and oxygen atoms in total. The highest BCUT2D eigenvalue weighted by Gasteiger charge is 2.46. The van der Waals surface area contributed by atoms with Crippen LogP contribution in [0.3, 0.4) is 0 Å². The summed E-state index contributed by atoms with van der Waals surface area (Å²) in [4.78, 5) is 2.45. The molecule has 0 aromatic carbocycles. The minimum absolute atomic E-state index is 0. The van der Waals surface area contributed by atoms with E-state index in [2.05, 4.69) is 11.0 Å². The van der Waals surface area contributed by atoms with Crippen molar-refractivity contribution in [2.75, 3.05) is 19.6 Å². The van der Waals surface area contributed by atoms with E-state index < -0.39 is 29.9 Å². The standard InChI is InChI=1S/C16H28N2O4S.2ClH/c17-11-6-2-1-5-10(9-18-7-3-4-8-18)23-16-14(21)12(19)13(20)15(11)22-16;;/h1-2,10-16,19-21H,3-9,17H2;2*1H/b2-1-;;/t10-,11+,12-,13+,14+,15+,16+;;/m0../s1. The van der Waals surface area contributed by atoms with Gasteiger partial charge in [-0.3, -0.25) is 0 Å². The van der Waals surface area contributed by atoms with Gasteiger partial charge in [0.25, 0.3) is 0 Å². The number of nitrogens with zero attached hydrogens (tertiary/aromatic N) is 1. The van der Waals surface area contributed by atoms with Crippen molar-refractivity contribution in [3.05, 3.63) is 12.2 Å². The smallest absolute Gasteiger partial charge is 0.132 e. The van der Waals surface area contributed by atoms with Crippen molar-refractivity contribution in [1.82, 2.24) is 4.90 Å². The average molecular weight is 417 g/mol. The normalized spacial score (nSPS) is 43.6. The molecule has 2 saturated heterocycles. The number of aliphatic hydroxyl groups excluding tert-OH is 3. The van der Waals surface area contributed by atoms with E-state index in [1.165, 1.54) is 12.8 Å². The average Bonchev–Trinajstić information content (AvgIpc) is 3.04. The van der Waals surface area contributed by atoms with Crippen LogP contribution in [0.15, 0.2) is 12.2 Å². The maximum absolute atomic E-state index is 10.3. The maximum Gasteiger partial charge on any atom is 0.132 e. The Hall–Kier alpha value is 0.430. The maximum atomic E-state index is 10.3. The van der Waals surface area contributed by atoms with E-state index in [0.717, 1.165) is 26.1 Å².